The lowest BCUT2D eigenvalue weighted by Gasteiger charge is -1.84. The van der Waals surface area contributed by atoms with Gasteiger partial charge in [-0.05, 0) is 66.7 Å². The van der Waals surface area contributed by atoms with Crippen molar-refractivity contribution in [3.05, 3.63) is 66.0 Å². The monoisotopic (exact) mass is 298 g/mol. The van der Waals surface area contributed by atoms with Gasteiger partial charge in [-0.1, -0.05) is 0 Å². The number of rotatable bonds is 0. The largest absolute Gasteiger partial charge is 0.355 e. The van der Waals surface area contributed by atoms with E-state index in [4.69, 9.17) is 0 Å². The quantitative estimate of drug-likeness (QED) is 0.381. The molecule has 5 rings (SSSR count). The Bertz CT molecular complexity index is 1170. The maximum absolute atomic E-state index is 4.63. The molecule has 0 atom stereocenters. The molecule has 0 radical (unpaired) electrons. The molecule has 8 bridgehead atoms. The van der Waals surface area contributed by atoms with E-state index in [2.05, 4.69) is 74.5 Å². The normalized spacial score (nSPS) is 12.2. The van der Waals surface area contributed by atoms with Crippen LogP contribution in [0.25, 0.3) is 45.3 Å². The van der Waals surface area contributed by atoms with E-state index in [1.54, 1.807) is 0 Å². The molecule has 110 valence electrons. The van der Waals surface area contributed by atoms with Crippen LogP contribution in [-0.4, -0.2) is 19.9 Å². The Balaban J connectivity index is 1.93. The highest BCUT2D eigenvalue weighted by molar-refractivity contribution is 5.82. The van der Waals surface area contributed by atoms with Gasteiger partial charge in [-0.15, -0.1) is 0 Å². The Morgan fingerprint density at radius 3 is 1.65 bits per heavy atom. The summed E-state index contributed by atoms with van der Waals surface area (Å²) in [6.07, 6.45) is 4.06. The SMILES string of the molecule is C1=Cc2cc3ccc([nH]3)c3ccc(cc4ccc(cc1n2)[nH]4)[nH]3. The van der Waals surface area contributed by atoms with Crippen molar-refractivity contribution in [2.24, 2.45) is 0 Å². The summed E-state index contributed by atoms with van der Waals surface area (Å²) in [6.45, 7) is 0. The van der Waals surface area contributed by atoms with E-state index in [0.717, 1.165) is 44.5 Å². The molecular formula is C19H14N4. The lowest BCUT2D eigenvalue weighted by Crippen LogP contribution is -1.73. The zero-order valence-electron chi connectivity index (χ0n) is 12.3. The van der Waals surface area contributed by atoms with E-state index >= 15 is 0 Å². The van der Waals surface area contributed by atoms with Gasteiger partial charge in [0.15, 0.2) is 0 Å². The van der Waals surface area contributed by atoms with Gasteiger partial charge in [0.05, 0.1) is 22.4 Å². The number of H-pyrrole nitrogens is 3. The molecule has 4 aromatic heterocycles. The van der Waals surface area contributed by atoms with Gasteiger partial charge in [-0.3, -0.25) is 0 Å². The third-order valence-electron chi connectivity index (χ3n) is 4.04. The van der Waals surface area contributed by atoms with Crippen LogP contribution in [0.5, 0.6) is 0 Å². The van der Waals surface area contributed by atoms with Crippen molar-refractivity contribution in [2.45, 2.75) is 0 Å². The molecule has 0 saturated carbocycles. The highest BCUT2D eigenvalue weighted by atomic mass is 14.8. The van der Waals surface area contributed by atoms with E-state index in [1.807, 2.05) is 12.2 Å². The molecule has 1 aliphatic heterocycles. The second kappa shape index (κ2) is 4.61. The van der Waals surface area contributed by atoms with Crippen molar-refractivity contribution < 1.29 is 0 Å². The first-order chi connectivity index (χ1) is 11.3. The van der Waals surface area contributed by atoms with Gasteiger partial charge in [0.1, 0.15) is 0 Å². The van der Waals surface area contributed by atoms with Crippen LogP contribution in [0.2, 0.25) is 0 Å². The van der Waals surface area contributed by atoms with Gasteiger partial charge in [0.25, 0.3) is 0 Å². The average Bonchev–Trinajstić information content (AvgIpc) is 3.28. The van der Waals surface area contributed by atoms with Crippen molar-refractivity contribution >= 4 is 45.3 Å². The van der Waals surface area contributed by atoms with Gasteiger partial charge < -0.3 is 15.0 Å². The maximum atomic E-state index is 4.63. The second-order valence-electron chi connectivity index (χ2n) is 5.75. The molecule has 0 aromatic carbocycles. The first-order valence-corrected chi connectivity index (χ1v) is 7.57. The van der Waals surface area contributed by atoms with Gasteiger partial charge in [-0.25, -0.2) is 4.98 Å². The summed E-state index contributed by atoms with van der Waals surface area (Å²) in [7, 11) is 0. The number of hydrogen-bond acceptors (Lipinski definition) is 1. The summed E-state index contributed by atoms with van der Waals surface area (Å²) in [6, 6.07) is 18.7. The van der Waals surface area contributed by atoms with Crippen LogP contribution in [0.15, 0.2) is 54.6 Å². The van der Waals surface area contributed by atoms with Crippen LogP contribution in [0.1, 0.15) is 11.4 Å². The van der Waals surface area contributed by atoms with Crippen molar-refractivity contribution in [3.63, 3.8) is 0 Å². The predicted octanol–water partition coefficient (Wildman–Crippen LogP) is 4.70. The Morgan fingerprint density at radius 1 is 0.522 bits per heavy atom. The Hall–Kier alpha value is -3.27. The molecular weight excluding hydrogens is 284 g/mol. The van der Waals surface area contributed by atoms with Gasteiger partial charge >= 0.3 is 0 Å². The fourth-order valence-corrected chi connectivity index (χ4v) is 2.95. The molecule has 0 saturated heterocycles. The molecule has 4 aromatic rings. The minimum absolute atomic E-state index is 0.949. The van der Waals surface area contributed by atoms with Crippen LogP contribution < -0.4 is 0 Å². The third kappa shape index (κ3) is 2.21. The van der Waals surface area contributed by atoms with Gasteiger partial charge in [0, 0.05) is 22.1 Å². The standard InChI is InChI=1S/C19H14N4/c1-3-14-10-16-5-7-18(22-16)19-8-6-17(23-19)11-15-4-2-13(21-15)9-12(1)20-14/h1-11,20,22-23H. The maximum Gasteiger partial charge on any atom is 0.0658 e. The summed E-state index contributed by atoms with van der Waals surface area (Å²) in [4.78, 5) is 14.9. The zero-order chi connectivity index (χ0) is 15.2. The molecule has 5 heterocycles. The molecule has 0 amide bonds. The minimum atomic E-state index is 0.949. The Kier molecular flexibility index (Phi) is 2.46. The second-order valence-corrected chi connectivity index (χ2v) is 5.75. The van der Waals surface area contributed by atoms with Crippen LogP contribution in [-0.2, 0) is 0 Å². The van der Waals surface area contributed by atoms with E-state index in [9.17, 15) is 0 Å². The molecule has 0 unspecified atom stereocenters. The van der Waals surface area contributed by atoms with Crippen LogP contribution in [0.4, 0.5) is 0 Å². The number of nitrogens with one attached hydrogen (secondary N) is 3. The lowest BCUT2D eigenvalue weighted by atomic mass is 10.3. The molecule has 3 N–H and O–H groups in total. The number of aromatic nitrogens is 4. The van der Waals surface area contributed by atoms with Crippen LogP contribution in [0.3, 0.4) is 0 Å². The van der Waals surface area contributed by atoms with Crippen molar-refractivity contribution in [2.75, 3.05) is 0 Å². The summed E-state index contributed by atoms with van der Waals surface area (Å²) >= 11 is 0. The summed E-state index contributed by atoms with van der Waals surface area (Å²) < 4.78 is 0. The highest BCUT2D eigenvalue weighted by Gasteiger charge is 1.99. The summed E-state index contributed by atoms with van der Waals surface area (Å²) in [5.74, 6) is 0. The highest BCUT2D eigenvalue weighted by Crippen LogP contribution is 2.17. The molecule has 4 nitrogen and oxygen atoms in total. The Labute approximate surface area is 131 Å². The topological polar surface area (TPSA) is 60.3 Å². The van der Waals surface area contributed by atoms with E-state index < -0.39 is 0 Å². The molecule has 23 heavy (non-hydrogen) atoms. The molecule has 0 fully saturated rings. The number of nitrogens with zero attached hydrogens (tertiary/aromatic N) is 1. The van der Waals surface area contributed by atoms with Gasteiger partial charge in [0.2, 0.25) is 0 Å². The fraction of sp³-hybridized carbons (Fsp3) is 0. The lowest BCUT2D eigenvalue weighted by molar-refractivity contribution is 1.32. The van der Waals surface area contributed by atoms with Gasteiger partial charge in [-0.2, -0.15) is 0 Å². The third-order valence-corrected chi connectivity index (χ3v) is 4.04. The van der Waals surface area contributed by atoms with Crippen molar-refractivity contribution in [1.82, 2.24) is 19.9 Å². The molecule has 4 heteroatoms. The first kappa shape index (κ1) is 12.3. The number of hydrogen-bond donors (Lipinski definition) is 3. The zero-order valence-corrected chi connectivity index (χ0v) is 12.3. The molecule has 1 aliphatic rings. The van der Waals surface area contributed by atoms with Crippen molar-refractivity contribution in [1.29, 1.82) is 0 Å². The van der Waals surface area contributed by atoms with Crippen LogP contribution >= 0.6 is 0 Å². The first-order valence-electron chi connectivity index (χ1n) is 7.57. The molecule has 0 aliphatic carbocycles. The summed E-state index contributed by atoms with van der Waals surface area (Å²) in [5.41, 5.74) is 8.25. The smallest absolute Gasteiger partial charge is 0.0658 e. The number of fused-ring (bicyclic) bond motifs is 9. The van der Waals surface area contributed by atoms with E-state index in [-0.39, 0.29) is 0 Å². The van der Waals surface area contributed by atoms with Crippen molar-refractivity contribution in [3.8, 4) is 0 Å². The summed E-state index contributed by atoms with van der Waals surface area (Å²) in [5, 5.41) is 0. The van der Waals surface area contributed by atoms with E-state index in [0.29, 0.717) is 0 Å². The van der Waals surface area contributed by atoms with Crippen LogP contribution in [0, 0.1) is 0 Å². The fourth-order valence-electron chi connectivity index (χ4n) is 2.95. The minimum Gasteiger partial charge on any atom is -0.355 e. The molecule has 0 spiro atoms. The Morgan fingerprint density at radius 2 is 1.00 bits per heavy atom. The average molecular weight is 298 g/mol. The predicted molar refractivity (Wildman–Crippen MR) is 95.2 cm³/mol. The van der Waals surface area contributed by atoms with E-state index in [1.165, 1.54) is 0 Å². The number of aromatic amines is 3.